The van der Waals surface area contributed by atoms with Crippen molar-refractivity contribution in [2.75, 3.05) is 18.6 Å². The maximum Gasteiger partial charge on any atom is 0.322 e. The smallest absolute Gasteiger partial charge is 0.322 e. The van der Waals surface area contributed by atoms with Crippen LogP contribution in [0.3, 0.4) is 0 Å². The van der Waals surface area contributed by atoms with Crippen molar-refractivity contribution in [1.82, 2.24) is 5.32 Å². The van der Waals surface area contributed by atoms with Gasteiger partial charge in [-0.2, -0.15) is 0 Å². The normalized spacial score (nSPS) is 16.4. The minimum Gasteiger partial charge on any atom is -0.497 e. The van der Waals surface area contributed by atoms with Gasteiger partial charge >= 0.3 is 6.03 Å². The number of halogens is 1. The molecule has 1 unspecified atom stereocenters. The van der Waals surface area contributed by atoms with Crippen LogP contribution >= 0.6 is 0 Å². The number of Topliss-reactive ketones (excluding diaryl/α,β-unsaturated/α-hetero) is 1. The number of carbonyl (C=O) groups excluding carboxylic acids is 2. The monoisotopic (exact) mass is 552 g/mol. The Balaban J connectivity index is 1.54. The van der Waals surface area contributed by atoms with E-state index in [1.165, 1.54) is 24.3 Å². The summed E-state index contributed by atoms with van der Waals surface area (Å²) in [5, 5.41) is 3.04. The summed E-state index contributed by atoms with van der Waals surface area (Å²) in [5.41, 5.74) is 3.95. The molecule has 4 aromatic carbocycles. The fourth-order valence-electron chi connectivity index (χ4n) is 5.15. The van der Waals surface area contributed by atoms with Crippen LogP contribution in [0.5, 0.6) is 11.5 Å². The minimum atomic E-state index is -0.559. The van der Waals surface area contributed by atoms with Crippen LogP contribution < -0.4 is 19.7 Å². The quantitative estimate of drug-likeness (QED) is 0.154. The molecule has 6 nitrogen and oxygen atoms in total. The first-order valence-corrected chi connectivity index (χ1v) is 13.8. The average molecular weight is 553 g/mol. The SMILES string of the molecule is CCCCOc1cc(OC)ccc1[C@@H]1C(CC(=O)c2ccc(F)cc2)NC(=O)N1c1ccc(-c2ccccc2)cc1. The third-order valence-electron chi connectivity index (χ3n) is 7.31. The van der Waals surface area contributed by atoms with Crippen LogP contribution in [0.2, 0.25) is 0 Å². The predicted octanol–water partition coefficient (Wildman–Crippen LogP) is 7.59. The number of nitrogens with one attached hydrogen (secondary N) is 1. The molecule has 5 rings (SSSR count). The van der Waals surface area contributed by atoms with Crippen molar-refractivity contribution in [2.45, 2.75) is 38.3 Å². The van der Waals surface area contributed by atoms with E-state index in [1.54, 1.807) is 12.0 Å². The zero-order valence-corrected chi connectivity index (χ0v) is 23.2. The van der Waals surface area contributed by atoms with Gasteiger partial charge in [0.2, 0.25) is 0 Å². The molecular formula is C34H33FN2O4. The van der Waals surface area contributed by atoms with Crippen LogP contribution in [0.25, 0.3) is 11.1 Å². The number of unbranched alkanes of at least 4 members (excludes halogenated alkanes) is 1. The zero-order valence-electron chi connectivity index (χ0n) is 23.2. The maximum absolute atomic E-state index is 13.6. The van der Waals surface area contributed by atoms with E-state index in [0.717, 1.165) is 29.5 Å². The summed E-state index contributed by atoms with van der Waals surface area (Å²) in [6.45, 7) is 2.60. The number of carbonyl (C=O) groups is 2. The molecular weight excluding hydrogens is 519 g/mol. The first-order chi connectivity index (χ1) is 20.0. The summed E-state index contributed by atoms with van der Waals surface area (Å²) >= 11 is 0. The average Bonchev–Trinajstić information content (AvgIpc) is 3.32. The van der Waals surface area contributed by atoms with Crippen LogP contribution in [-0.2, 0) is 0 Å². The van der Waals surface area contributed by atoms with Gasteiger partial charge < -0.3 is 14.8 Å². The fraction of sp³-hybridized carbons (Fsp3) is 0.235. The Morgan fingerprint density at radius 1 is 0.927 bits per heavy atom. The molecule has 0 radical (unpaired) electrons. The van der Waals surface area contributed by atoms with Crippen molar-refractivity contribution < 1.29 is 23.5 Å². The molecule has 1 N–H and O–H groups in total. The molecule has 0 aromatic heterocycles. The maximum atomic E-state index is 13.6. The second-order valence-corrected chi connectivity index (χ2v) is 10.0. The molecule has 210 valence electrons. The molecule has 1 heterocycles. The van der Waals surface area contributed by atoms with Gasteiger partial charge in [0.15, 0.2) is 5.78 Å². The lowest BCUT2D eigenvalue weighted by molar-refractivity contribution is 0.0969. The highest BCUT2D eigenvalue weighted by Crippen LogP contribution is 2.41. The lowest BCUT2D eigenvalue weighted by Gasteiger charge is -2.29. The third-order valence-corrected chi connectivity index (χ3v) is 7.31. The molecule has 0 saturated carbocycles. The Morgan fingerprint density at radius 3 is 2.32 bits per heavy atom. The molecule has 7 heteroatoms. The van der Waals surface area contributed by atoms with E-state index in [-0.39, 0.29) is 18.2 Å². The summed E-state index contributed by atoms with van der Waals surface area (Å²) in [6, 6.07) is 27.4. The first-order valence-electron chi connectivity index (χ1n) is 13.8. The van der Waals surface area contributed by atoms with E-state index in [2.05, 4.69) is 12.2 Å². The Bertz CT molecular complexity index is 1490. The summed E-state index contributed by atoms with van der Waals surface area (Å²) < 4.78 is 25.2. The Labute approximate surface area is 239 Å². The van der Waals surface area contributed by atoms with E-state index in [9.17, 15) is 14.0 Å². The number of ketones is 1. The van der Waals surface area contributed by atoms with E-state index in [0.29, 0.717) is 29.4 Å². The van der Waals surface area contributed by atoms with Crippen molar-refractivity contribution in [3.8, 4) is 22.6 Å². The molecule has 4 aromatic rings. The van der Waals surface area contributed by atoms with Gasteiger partial charge in [-0.3, -0.25) is 9.69 Å². The van der Waals surface area contributed by atoms with E-state index in [1.807, 2.05) is 72.8 Å². The highest BCUT2D eigenvalue weighted by molar-refractivity contribution is 6.00. The molecule has 0 bridgehead atoms. The standard InChI is InChI=1S/C34H33FN2O4/c1-3-4-20-41-32-21-28(40-2)18-19-29(32)33-30(22-31(38)25-10-14-26(35)15-11-25)36-34(39)37(33)27-16-12-24(13-17-27)23-8-6-5-7-9-23/h5-19,21,30,33H,3-4,20,22H2,1-2H3,(H,36,39)/t30?,33-/m1/s1. The summed E-state index contributed by atoms with van der Waals surface area (Å²) in [6.07, 6.45) is 1.87. The molecule has 2 amide bonds. The predicted molar refractivity (Wildman–Crippen MR) is 158 cm³/mol. The van der Waals surface area contributed by atoms with Crippen molar-refractivity contribution in [1.29, 1.82) is 0 Å². The second kappa shape index (κ2) is 12.7. The number of urea groups is 1. The molecule has 1 aliphatic heterocycles. The van der Waals surface area contributed by atoms with E-state index >= 15 is 0 Å². The number of methoxy groups -OCH3 is 1. The first kappa shape index (κ1) is 27.9. The minimum absolute atomic E-state index is 0.0288. The van der Waals surface area contributed by atoms with Gasteiger partial charge in [-0.1, -0.05) is 55.8 Å². The van der Waals surface area contributed by atoms with Crippen molar-refractivity contribution in [3.05, 3.63) is 114 Å². The van der Waals surface area contributed by atoms with E-state index in [4.69, 9.17) is 9.47 Å². The summed E-state index contributed by atoms with van der Waals surface area (Å²) in [5.74, 6) is 0.633. The topological polar surface area (TPSA) is 67.9 Å². The molecule has 0 spiro atoms. The Hall–Kier alpha value is -4.65. The number of benzene rings is 4. The number of amides is 2. The van der Waals surface area contributed by atoms with Gasteiger partial charge in [0, 0.05) is 29.3 Å². The Morgan fingerprint density at radius 2 is 1.63 bits per heavy atom. The molecule has 0 aliphatic carbocycles. The van der Waals surface area contributed by atoms with Crippen LogP contribution in [0.15, 0.2) is 97.1 Å². The van der Waals surface area contributed by atoms with Gasteiger partial charge in [0.25, 0.3) is 0 Å². The van der Waals surface area contributed by atoms with Crippen LogP contribution in [0.1, 0.15) is 48.1 Å². The van der Waals surface area contributed by atoms with Crippen molar-refractivity contribution >= 4 is 17.5 Å². The Kier molecular flexibility index (Phi) is 8.63. The number of rotatable bonds is 11. The van der Waals surface area contributed by atoms with Gasteiger partial charge in [-0.15, -0.1) is 0 Å². The third kappa shape index (κ3) is 6.24. The molecule has 41 heavy (non-hydrogen) atoms. The number of anilines is 1. The summed E-state index contributed by atoms with van der Waals surface area (Å²) in [7, 11) is 1.59. The highest BCUT2D eigenvalue weighted by atomic mass is 19.1. The van der Waals surface area contributed by atoms with Crippen molar-refractivity contribution in [2.24, 2.45) is 0 Å². The van der Waals surface area contributed by atoms with E-state index < -0.39 is 17.9 Å². The number of hydrogen-bond acceptors (Lipinski definition) is 4. The molecule has 1 saturated heterocycles. The highest BCUT2D eigenvalue weighted by Gasteiger charge is 2.43. The molecule has 1 fully saturated rings. The number of ether oxygens (including phenoxy) is 2. The largest absolute Gasteiger partial charge is 0.497 e. The summed E-state index contributed by atoms with van der Waals surface area (Å²) in [4.78, 5) is 28.5. The van der Waals surface area contributed by atoms with Gasteiger partial charge in [-0.25, -0.2) is 9.18 Å². The lowest BCUT2D eigenvalue weighted by atomic mass is 9.92. The lowest BCUT2D eigenvalue weighted by Crippen LogP contribution is -2.31. The molecule has 2 atom stereocenters. The van der Waals surface area contributed by atoms with Crippen LogP contribution in [0.4, 0.5) is 14.9 Å². The van der Waals surface area contributed by atoms with Crippen molar-refractivity contribution in [3.63, 3.8) is 0 Å². The van der Waals surface area contributed by atoms with Crippen LogP contribution in [-0.4, -0.2) is 31.6 Å². The fourth-order valence-corrected chi connectivity index (χ4v) is 5.15. The number of hydrogen-bond donors (Lipinski definition) is 1. The van der Waals surface area contributed by atoms with Gasteiger partial charge in [0.1, 0.15) is 17.3 Å². The van der Waals surface area contributed by atoms with Gasteiger partial charge in [-0.05, 0) is 66.1 Å². The molecule has 1 aliphatic rings. The van der Waals surface area contributed by atoms with Gasteiger partial charge in [0.05, 0.1) is 25.8 Å². The zero-order chi connectivity index (χ0) is 28.8. The van der Waals surface area contributed by atoms with Crippen LogP contribution in [0, 0.1) is 5.82 Å². The number of nitrogens with zero attached hydrogens (tertiary/aromatic N) is 1. The second-order valence-electron chi connectivity index (χ2n) is 10.0.